The summed E-state index contributed by atoms with van der Waals surface area (Å²) in [5.41, 5.74) is 6.64. The maximum Gasteiger partial charge on any atom is 0.248 e. The van der Waals surface area contributed by atoms with Gasteiger partial charge in [0.15, 0.2) is 5.82 Å². The second-order valence-electron chi connectivity index (χ2n) is 4.40. The van der Waals surface area contributed by atoms with Crippen LogP contribution < -0.4 is 15.4 Å². The van der Waals surface area contributed by atoms with E-state index in [1.807, 2.05) is 37.3 Å². The van der Waals surface area contributed by atoms with Gasteiger partial charge in [0, 0.05) is 13.1 Å². The van der Waals surface area contributed by atoms with Gasteiger partial charge >= 0.3 is 0 Å². The first kappa shape index (κ1) is 14.1. The van der Waals surface area contributed by atoms with Gasteiger partial charge in [0.25, 0.3) is 0 Å². The summed E-state index contributed by atoms with van der Waals surface area (Å²) in [4.78, 5) is 10.8. The summed E-state index contributed by atoms with van der Waals surface area (Å²) < 4.78 is 5.77. The van der Waals surface area contributed by atoms with Crippen LogP contribution in [0.1, 0.15) is 19.7 Å². The normalized spacial score (nSPS) is 10.3. The van der Waals surface area contributed by atoms with Crippen molar-refractivity contribution >= 4 is 11.5 Å². The predicted molar refractivity (Wildman–Crippen MR) is 81.3 cm³/mol. The van der Waals surface area contributed by atoms with E-state index >= 15 is 0 Å². The zero-order chi connectivity index (χ0) is 14.5. The standard InChI is InChI=1S/C15H20N4O/c1-4-19(5-2)14-13(16)15(18-11(3)17-14)20-12-9-7-6-8-10-12/h6-10H,4-5,16H2,1-3H3. The fourth-order valence-corrected chi connectivity index (χ4v) is 1.98. The van der Waals surface area contributed by atoms with Crippen molar-refractivity contribution in [2.24, 2.45) is 0 Å². The topological polar surface area (TPSA) is 64.3 Å². The average molecular weight is 272 g/mol. The van der Waals surface area contributed by atoms with Gasteiger partial charge in [-0.1, -0.05) is 18.2 Å². The van der Waals surface area contributed by atoms with Gasteiger partial charge in [-0.25, -0.2) is 4.98 Å². The van der Waals surface area contributed by atoms with Crippen molar-refractivity contribution in [1.29, 1.82) is 0 Å². The van der Waals surface area contributed by atoms with Crippen molar-refractivity contribution in [2.75, 3.05) is 23.7 Å². The Bertz CT molecular complexity index is 568. The number of ether oxygens (including phenoxy) is 1. The molecule has 0 unspecified atom stereocenters. The Kier molecular flexibility index (Phi) is 4.40. The van der Waals surface area contributed by atoms with E-state index in [0.717, 1.165) is 18.9 Å². The Balaban J connectivity index is 2.39. The van der Waals surface area contributed by atoms with Gasteiger partial charge in [0.1, 0.15) is 17.3 Å². The molecule has 0 radical (unpaired) electrons. The molecule has 1 aromatic carbocycles. The molecule has 0 bridgehead atoms. The van der Waals surface area contributed by atoms with Gasteiger partial charge in [-0.15, -0.1) is 0 Å². The number of nitrogen functional groups attached to an aromatic ring is 1. The van der Waals surface area contributed by atoms with Crippen LogP contribution in [0.15, 0.2) is 30.3 Å². The SMILES string of the molecule is CCN(CC)c1nc(C)nc(Oc2ccccc2)c1N. The zero-order valence-corrected chi connectivity index (χ0v) is 12.1. The maximum atomic E-state index is 6.16. The molecule has 5 nitrogen and oxygen atoms in total. The van der Waals surface area contributed by atoms with Crippen molar-refractivity contribution < 1.29 is 4.74 Å². The van der Waals surface area contributed by atoms with Crippen LogP contribution in [-0.4, -0.2) is 23.1 Å². The smallest absolute Gasteiger partial charge is 0.248 e. The molecule has 5 heteroatoms. The first-order valence-corrected chi connectivity index (χ1v) is 6.77. The number of aromatic nitrogens is 2. The van der Waals surface area contributed by atoms with Gasteiger partial charge < -0.3 is 15.4 Å². The van der Waals surface area contributed by atoms with E-state index in [-0.39, 0.29) is 0 Å². The second kappa shape index (κ2) is 6.23. The molecule has 2 rings (SSSR count). The molecule has 0 amide bonds. The van der Waals surface area contributed by atoms with E-state index in [4.69, 9.17) is 10.5 Å². The number of nitrogens with zero attached hydrogens (tertiary/aromatic N) is 3. The number of benzene rings is 1. The van der Waals surface area contributed by atoms with Crippen molar-refractivity contribution in [2.45, 2.75) is 20.8 Å². The Labute approximate surface area is 119 Å². The molecular weight excluding hydrogens is 252 g/mol. The lowest BCUT2D eigenvalue weighted by Gasteiger charge is -2.22. The second-order valence-corrected chi connectivity index (χ2v) is 4.40. The van der Waals surface area contributed by atoms with Gasteiger partial charge in [0.2, 0.25) is 5.88 Å². The predicted octanol–water partition coefficient (Wildman–Crippen LogP) is 3.01. The van der Waals surface area contributed by atoms with E-state index in [9.17, 15) is 0 Å². The molecule has 20 heavy (non-hydrogen) atoms. The van der Waals surface area contributed by atoms with Crippen LogP contribution in [0.3, 0.4) is 0 Å². The summed E-state index contributed by atoms with van der Waals surface area (Å²) in [6, 6.07) is 9.49. The molecule has 1 aromatic heterocycles. The molecule has 0 saturated heterocycles. The van der Waals surface area contributed by atoms with E-state index in [1.165, 1.54) is 0 Å². The molecule has 1 heterocycles. The minimum Gasteiger partial charge on any atom is -0.437 e. The van der Waals surface area contributed by atoms with Crippen LogP contribution in [0.5, 0.6) is 11.6 Å². The number of anilines is 2. The van der Waals surface area contributed by atoms with Crippen molar-refractivity contribution in [1.82, 2.24) is 9.97 Å². The van der Waals surface area contributed by atoms with E-state index in [1.54, 1.807) is 0 Å². The average Bonchev–Trinajstić information content (AvgIpc) is 2.46. The molecule has 0 aliphatic carbocycles. The highest BCUT2D eigenvalue weighted by molar-refractivity contribution is 5.68. The Morgan fingerprint density at radius 1 is 1.10 bits per heavy atom. The quantitative estimate of drug-likeness (QED) is 0.906. The van der Waals surface area contributed by atoms with Gasteiger partial charge in [-0.3, -0.25) is 0 Å². The summed E-state index contributed by atoms with van der Waals surface area (Å²) >= 11 is 0. The third kappa shape index (κ3) is 2.99. The fraction of sp³-hybridized carbons (Fsp3) is 0.333. The number of para-hydroxylation sites is 1. The van der Waals surface area contributed by atoms with Crippen molar-refractivity contribution in [3.8, 4) is 11.6 Å². The third-order valence-corrected chi connectivity index (χ3v) is 3.02. The number of hydrogen-bond donors (Lipinski definition) is 1. The maximum absolute atomic E-state index is 6.16. The minimum atomic E-state index is 0.408. The van der Waals surface area contributed by atoms with Crippen LogP contribution in [0.4, 0.5) is 11.5 Å². The van der Waals surface area contributed by atoms with Crippen LogP contribution in [0.2, 0.25) is 0 Å². The lowest BCUT2D eigenvalue weighted by molar-refractivity contribution is 0.462. The Morgan fingerprint density at radius 3 is 2.35 bits per heavy atom. The fourth-order valence-electron chi connectivity index (χ4n) is 1.98. The van der Waals surface area contributed by atoms with Crippen molar-refractivity contribution in [3.05, 3.63) is 36.2 Å². The largest absolute Gasteiger partial charge is 0.437 e. The molecule has 0 atom stereocenters. The lowest BCUT2D eigenvalue weighted by atomic mass is 10.3. The molecule has 2 N–H and O–H groups in total. The van der Waals surface area contributed by atoms with Crippen LogP contribution >= 0.6 is 0 Å². The van der Waals surface area contributed by atoms with E-state index in [0.29, 0.717) is 23.1 Å². The van der Waals surface area contributed by atoms with Crippen molar-refractivity contribution in [3.63, 3.8) is 0 Å². The zero-order valence-electron chi connectivity index (χ0n) is 12.1. The highest BCUT2D eigenvalue weighted by Gasteiger charge is 2.16. The van der Waals surface area contributed by atoms with Gasteiger partial charge in [-0.05, 0) is 32.9 Å². The first-order chi connectivity index (χ1) is 9.65. The van der Waals surface area contributed by atoms with Crippen LogP contribution in [0, 0.1) is 6.92 Å². The molecule has 0 fully saturated rings. The summed E-state index contributed by atoms with van der Waals surface area (Å²) in [5.74, 6) is 2.49. The molecule has 0 aliphatic rings. The minimum absolute atomic E-state index is 0.408. The van der Waals surface area contributed by atoms with Gasteiger partial charge in [-0.2, -0.15) is 4.98 Å². The summed E-state index contributed by atoms with van der Waals surface area (Å²) in [7, 11) is 0. The first-order valence-electron chi connectivity index (χ1n) is 6.77. The lowest BCUT2D eigenvalue weighted by Crippen LogP contribution is -2.25. The number of rotatable bonds is 5. The molecular formula is C15H20N4O. The van der Waals surface area contributed by atoms with E-state index in [2.05, 4.69) is 28.7 Å². The molecule has 0 saturated carbocycles. The monoisotopic (exact) mass is 272 g/mol. The molecule has 2 aromatic rings. The highest BCUT2D eigenvalue weighted by atomic mass is 16.5. The van der Waals surface area contributed by atoms with E-state index < -0.39 is 0 Å². The molecule has 106 valence electrons. The number of aryl methyl sites for hydroxylation is 1. The third-order valence-electron chi connectivity index (χ3n) is 3.02. The summed E-state index contributed by atoms with van der Waals surface area (Å²) in [5, 5.41) is 0. The Morgan fingerprint density at radius 2 is 1.75 bits per heavy atom. The van der Waals surface area contributed by atoms with Crippen LogP contribution in [-0.2, 0) is 0 Å². The summed E-state index contributed by atoms with van der Waals surface area (Å²) in [6.07, 6.45) is 0. The van der Waals surface area contributed by atoms with Crippen LogP contribution in [0.25, 0.3) is 0 Å². The molecule has 0 spiro atoms. The van der Waals surface area contributed by atoms with Gasteiger partial charge in [0.05, 0.1) is 0 Å². The summed E-state index contributed by atoms with van der Waals surface area (Å²) in [6.45, 7) is 7.64. The highest BCUT2D eigenvalue weighted by Crippen LogP contribution is 2.32. The number of nitrogens with two attached hydrogens (primary N) is 1. The number of hydrogen-bond acceptors (Lipinski definition) is 5. The Hall–Kier alpha value is -2.30. The molecule has 0 aliphatic heterocycles.